The summed E-state index contributed by atoms with van der Waals surface area (Å²) in [4.78, 5) is 6.84. The van der Waals surface area contributed by atoms with Crippen molar-refractivity contribution in [2.45, 2.75) is 12.1 Å². The fourth-order valence-electron chi connectivity index (χ4n) is 4.81. The van der Waals surface area contributed by atoms with Gasteiger partial charge >= 0.3 is 0 Å². The predicted molar refractivity (Wildman–Crippen MR) is 134 cm³/mol. The van der Waals surface area contributed by atoms with E-state index < -0.39 is 5.54 Å². The number of aromatic nitrogens is 2. The predicted octanol–water partition coefficient (Wildman–Crippen LogP) is 5.22. The molecule has 174 valence electrons. The van der Waals surface area contributed by atoms with Gasteiger partial charge < -0.3 is 14.0 Å². The maximum Gasteiger partial charge on any atom is 0.121 e. The standard InChI is InChI=1S/C28H28ClN3O2/c1-33-27-4-2-3-25(19-27)28(32-14-13-30-21-32,24-9-11-26(29)12-10-24)23-7-5-22(6-8-23)20-31-15-17-34-18-16-31/h2-14,19,21H,15-18,20H2,1H3. The van der Waals surface area contributed by atoms with Crippen LogP contribution in [0.2, 0.25) is 5.02 Å². The maximum absolute atomic E-state index is 6.29. The van der Waals surface area contributed by atoms with Gasteiger partial charge in [-0.3, -0.25) is 4.90 Å². The van der Waals surface area contributed by atoms with E-state index >= 15 is 0 Å². The van der Waals surface area contributed by atoms with Crippen molar-refractivity contribution in [2.75, 3.05) is 33.4 Å². The molecule has 1 unspecified atom stereocenters. The second-order valence-corrected chi connectivity index (χ2v) is 8.94. The molecule has 4 aromatic rings. The number of benzene rings is 3. The number of halogens is 1. The van der Waals surface area contributed by atoms with E-state index in [2.05, 4.69) is 63.0 Å². The molecule has 1 fully saturated rings. The summed E-state index contributed by atoms with van der Waals surface area (Å²) >= 11 is 6.29. The van der Waals surface area contributed by atoms with Gasteiger partial charge in [-0.2, -0.15) is 0 Å². The highest BCUT2D eigenvalue weighted by Crippen LogP contribution is 2.42. The van der Waals surface area contributed by atoms with Crippen molar-refractivity contribution in [1.29, 1.82) is 0 Å². The molecule has 5 rings (SSSR count). The summed E-state index contributed by atoms with van der Waals surface area (Å²) in [6.45, 7) is 4.45. The first-order chi connectivity index (χ1) is 16.7. The van der Waals surface area contributed by atoms with Crippen molar-refractivity contribution in [2.24, 2.45) is 0 Å². The summed E-state index contributed by atoms with van der Waals surface area (Å²) in [6.07, 6.45) is 5.70. The lowest BCUT2D eigenvalue weighted by atomic mass is 9.76. The molecule has 0 saturated carbocycles. The number of rotatable bonds is 7. The minimum Gasteiger partial charge on any atom is -0.497 e. The summed E-state index contributed by atoms with van der Waals surface area (Å²) in [7, 11) is 1.70. The van der Waals surface area contributed by atoms with Crippen LogP contribution in [-0.2, 0) is 16.8 Å². The van der Waals surface area contributed by atoms with Gasteiger partial charge in [-0.1, -0.05) is 60.1 Å². The smallest absolute Gasteiger partial charge is 0.121 e. The lowest BCUT2D eigenvalue weighted by molar-refractivity contribution is 0.0342. The molecule has 1 atom stereocenters. The van der Waals surface area contributed by atoms with Gasteiger partial charge in [-0.05, 0) is 46.5 Å². The highest BCUT2D eigenvalue weighted by atomic mass is 35.5. The molecule has 1 aliphatic heterocycles. The number of methoxy groups -OCH3 is 1. The van der Waals surface area contributed by atoms with Crippen LogP contribution in [0, 0.1) is 0 Å². The Morgan fingerprint density at radius 2 is 1.65 bits per heavy atom. The quantitative estimate of drug-likeness (QED) is 0.345. The topological polar surface area (TPSA) is 39.5 Å². The Bertz CT molecular complexity index is 1200. The zero-order valence-electron chi connectivity index (χ0n) is 19.2. The number of ether oxygens (including phenoxy) is 2. The van der Waals surface area contributed by atoms with Crippen molar-refractivity contribution in [3.8, 4) is 5.75 Å². The zero-order valence-corrected chi connectivity index (χ0v) is 20.0. The average Bonchev–Trinajstić information content (AvgIpc) is 3.42. The van der Waals surface area contributed by atoms with Crippen LogP contribution in [0.4, 0.5) is 0 Å². The summed E-state index contributed by atoms with van der Waals surface area (Å²) in [6, 6.07) is 25.2. The molecule has 0 N–H and O–H groups in total. The van der Waals surface area contributed by atoms with E-state index in [0.29, 0.717) is 5.02 Å². The molecular formula is C28H28ClN3O2. The van der Waals surface area contributed by atoms with Crippen LogP contribution in [0.3, 0.4) is 0 Å². The SMILES string of the molecule is COc1cccc(C(c2ccc(Cl)cc2)(c2ccc(CN3CCOCC3)cc2)n2ccnc2)c1. The first-order valence-electron chi connectivity index (χ1n) is 11.5. The summed E-state index contributed by atoms with van der Waals surface area (Å²) in [5.74, 6) is 0.805. The van der Waals surface area contributed by atoms with Crippen LogP contribution in [0.5, 0.6) is 5.75 Å². The van der Waals surface area contributed by atoms with Crippen molar-refractivity contribution < 1.29 is 9.47 Å². The van der Waals surface area contributed by atoms with E-state index in [1.165, 1.54) is 5.56 Å². The molecule has 0 aliphatic carbocycles. The van der Waals surface area contributed by atoms with Crippen LogP contribution in [0.1, 0.15) is 22.3 Å². The Hall–Kier alpha value is -3.12. The van der Waals surface area contributed by atoms with E-state index in [-0.39, 0.29) is 0 Å². The number of hydrogen-bond acceptors (Lipinski definition) is 4. The van der Waals surface area contributed by atoms with Crippen molar-refractivity contribution >= 4 is 11.6 Å². The van der Waals surface area contributed by atoms with Gasteiger partial charge in [0.05, 0.1) is 26.7 Å². The molecule has 1 saturated heterocycles. The third-order valence-electron chi connectivity index (χ3n) is 6.52. The molecule has 0 amide bonds. The number of hydrogen-bond donors (Lipinski definition) is 0. The average molecular weight is 474 g/mol. The van der Waals surface area contributed by atoms with E-state index in [0.717, 1.165) is 55.3 Å². The molecule has 5 nitrogen and oxygen atoms in total. The Kier molecular flexibility index (Phi) is 6.68. The second-order valence-electron chi connectivity index (χ2n) is 8.50. The molecule has 2 heterocycles. The summed E-state index contributed by atoms with van der Waals surface area (Å²) < 4.78 is 13.3. The first-order valence-corrected chi connectivity index (χ1v) is 11.9. The lowest BCUT2D eigenvalue weighted by Gasteiger charge is -2.37. The maximum atomic E-state index is 6.29. The molecule has 1 aromatic heterocycles. The third kappa shape index (κ3) is 4.34. The van der Waals surface area contributed by atoms with Crippen molar-refractivity contribution in [3.63, 3.8) is 0 Å². The molecular weight excluding hydrogens is 446 g/mol. The van der Waals surface area contributed by atoms with Crippen LogP contribution in [0.15, 0.2) is 91.5 Å². The van der Waals surface area contributed by atoms with Crippen LogP contribution in [-0.4, -0.2) is 47.9 Å². The van der Waals surface area contributed by atoms with Gasteiger partial charge in [-0.25, -0.2) is 4.98 Å². The fraction of sp³-hybridized carbons (Fsp3) is 0.250. The fourth-order valence-corrected chi connectivity index (χ4v) is 4.94. The molecule has 34 heavy (non-hydrogen) atoms. The van der Waals surface area contributed by atoms with E-state index in [1.54, 1.807) is 7.11 Å². The van der Waals surface area contributed by atoms with Gasteiger partial charge in [0.2, 0.25) is 0 Å². The number of imidazole rings is 1. The van der Waals surface area contributed by atoms with Gasteiger partial charge in [0.1, 0.15) is 11.3 Å². The Morgan fingerprint density at radius 3 is 2.29 bits per heavy atom. The highest BCUT2D eigenvalue weighted by molar-refractivity contribution is 6.30. The van der Waals surface area contributed by atoms with Gasteiger partial charge in [0.15, 0.2) is 0 Å². The Morgan fingerprint density at radius 1 is 0.941 bits per heavy atom. The van der Waals surface area contributed by atoms with Crippen LogP contribution >= 0.6 is 11.6 Å². The minimum absolute atomic E-state index is 0.646. The van der Waals surface area contributed by atoms with Gasteiger partial charge in [0.25, 0.3) is 0 Å². The van der Waals surface area contributed by atoms with E-state index in [9.17, 15) is 0 Å². The largest absolute Gasteiger partial charge is 0.497 e. The summed E-state index contributed by atoms with van der Waals surface area (Å²) in [5, 5.41) is 0.704. The van der Waals surface area contributed by atoms with Gasteiger partial charge in [0, 0.05) is 37.1 Å². The Balaban J connectivity index is 1.66. The molecule has 1 aliphatic rings. The van der Waals surface area contributed by atoms with E-state index in [4.69, 9.17) is 21.1 Å². The Labute approximate surface area is 205 Å². The normalized spacial score (nSPS) is 16.2. The molecule has 0 bridgehead atoms. The summed E-state index contributed by atoms with van der Waals surface area (Å²) in [5.41, 5.74) is 3.93. The van der Waals surface area contributed by atoms with Crippen LogP contribution in [0.25, 0.3) is 0 Å². The molecule has 3 aromatic carbocycles. The number of morpholine rings is 1. The third-order valence-corrected chi connectivity index (χ3v) is 6.77. The van der Waals surface area contributed by atoms with Crippen molar-refractivity contribution in [3.05, 3.63) is 119 Å². The minimum atomic E-state index is -0.646. The highest BCUT2D eigenvalue weighted by Gasteiger charge is 2.38. The molecule has 0 radical (unpaired) electrons. The molecule has 6 heteroatoms. The first kappa shape index (κ1) is 22.7. The zero-order chi connectivity index (χ0) is 23.4. The number of nitrogens with zero attached hydrogens (tertiary/aromatic N) is 3. The lowest BCUT2D eigenvalue weighted by Crippen LogP contribution is -2.37. The van der Waals surface area contributed by atoms with Crippen molar-refractivity contribution in [1.82, 2.24) is 14.5 Å². The second kappa shape index (κ2) is 10.0. The van der Waals surface area contributed by atoms with E-state index in [1.807, 2.05) is 43.0 Å². The van der Waals surface area contributed by atoms with Crippen LogP contribution < -0.4 is 4.74 Å². The monoisotopic (exact) mass is 473 g/mol. The molecule has 0 spiro atoms. The van der Waals surface area contributed by atoms with Gasteiger partial charge in [-0.15, -0.1) is 0 Å².